The third kappa shape index (κ3) is 3.95. The quantitative estimate of drug-likeness (QED) is 0.812. The summed E-state index contributed by atoms with van der Waals surface area (Å²) in [6, 6.07) is 17.5. The second kappa shape index (κ2) is 7.23. The van der Waals surface area contributed by atoms with Gasteiger partial charge in [-0.15, -0.1) is 0 Å². The summed E-state index contributed by atoms with van der Waals surface area (Å²) in [4.78, 5) is 12.2. The van der Waals surface area contributed by atoms with Gasteiger partial charge in [0.1, 0.15) is 11.5 Å². The predicted octanol–water partition coefficient (Wildman–Crippen LogP) is 4.19. The number of carbonyl (C=O) groups is 1. The summed E-state index contributed by atoms with van der Waals surface area (Å²) in [6.07, 6.45) is 4.93. The number of hydrogen-bond acceptors (Lipinski definition) is 3. The van der Waals surface area contributed by atoms with Crippen molar-refractivity contribution < 1.29 is 9.53 Å². The standard InChI is InChI=1S/C19H21NO2/c21-19(14-20-16-6-4-5-7-16)15-10-12-18(13-11-15)22-17-8-2-1-3-9-17/h1-3,8-13,16,20H,4-7,14H2. The normalized spacial score (nSPS) is 14.9. The van der Waals surface area contributed by atoms with Crippen LogP contribution in [-0.2, 0) is 0 Å². The van der Waals surface area contributed by atoms with E-state index < -0.39 is 0 Å². The van der Waals surface area contributed by atoms with Crippen LogP contribution in [0.1, 0.15) is 36.0 Å². The van der Waals surface area contributed by atoms with Crippen LogP contribution in [0, 0.1) is 0 Å². The Bertz CT molecular complexity index is 601. The zero-order chi connectivity index (χ0) is 15.2. The van der Waals surface area contributed by atoms with Gasteiger partial charge in [0.15, 0.2) is 5.78 Å². The molecule has 0 saturated heterocycles. The van der Waals surface area contributed by atoms with Crippen LogP contribution in [0.15, 0.2) is 54.6 Å². The third-order valence-corrected chi connectivity index (χ3v) is 4.06. The first-order chi connectivity index (χ1) is 10.8. The molecule has 0 amide bonds. The molecular weight excluding hydrogens is 274 g/mol. The highest BCUT2D eigenvalue weighted by Gasteiger charge is 2.15. The summed E-state index contributed by atoms with van der Waals surface area (Å²) < 4.78 is 5.73. The Morgan fingerprint density at radius 3 is 2.27 bits per heavy atom. The molecule has 114 valence electrons. The molecule has 1 N–H and O–H groups in total. The van der Waals surface area contributed by atoms with Crippen molar-refractivity contribution in [1.82, 2.24) is 5.32 Å². The molecule has 1 fully saturated rings. The Balaban J connectivity index is 1.55. The van der Waals surface area contributed by atoms with Crippen LogP contribution in [0.2, 0.25) is 0 Å². The molecule has 0 spiro atoms. The van der Waals surface area contributed by atoms with Crippen molar-refractivity contribution in [2.24, 2.45) is 0 Å². The lowest BCUT2D eigenvalue weighted by molar-refractivity contribution is 0.0987. The van der Waals surface area contributed by atoms with Gasteiger partial charge in [0, 0.05) is 11.6 Å². The zero-order valence-corrected chi connectivity index (χ0v) is 12.6. The number of hydrogen-bond donors (Lipinski definition) is 1. The number of para-hydroxylation sites is 1. The van der Waals surface area contributed by atoms with Crippen molar-refractivity contribution in [3.05, 3.63) is 60.2 Å². The Morgan fingerprint density at radius 2 is 1.59 bits per heavy atom. The van der Waals surface area contributed by atoms with Crippen LogP contribution in [0.5, 0.6) is 11.5 Å². The highest BCUT2D eigenvalue weighted by atomic mass is 16.5. The molecular formula is C19H21NO2. The van der Waals surface area contributed by atoms with Gasteiger partial charge in [-0.3, -0.25) is 4.79 Å². The maximum Gasteiger partial charge on any atom is 0.176 e. The van der Waals surface area contributed by atoms with Crippen molar-refractivity contribution in [3.63, 3.8) is 0 Å². The van der Waals surface area contributed by atoms with E-state index in [-0.39, 0.29) is 5.78 Å². The van der Waals surface area contributed by atoms with E-state index in [9.17, 15) is 4.79 Å². The van der Waals surface area contributed by atoms with Crippen LogP contribution >= 0.6 is 0 Å². The molecule has 22 heavy (non-hydrogen) atoms. The Kier molecular flexibility index (Phi) is 4.86. The van der Waals surface area contributed by atoms with Crippen LogP contribution in [0.4, 0.5) is 0 Å². The van der Waals surface area contributed by atoms with Gasteiger partial charge in [0.05, 0.1) is 6.54 Å². The fraction of sp³-hybridized carbons (Fsp3) is 0.316. The summed E-state index contributed by atoms with van der Waals surface area (Å²) in [5.74, 6) is 1.68. The van der Waals surface area contributed by atoms with E-state index in [0.717, 1.165) is 17.1 Å². The molecule has 0 atom stereocenters. The van der Waals surface area contributed by atoms with Crippen LogP contribution in [0.3, 0.4) is 0 Å². The molecule has 0 aromatic heterocycles. The fourth-order valence-corrected chi connectivity index (χ4v) is 2.80. The molecule has 3 heteroatoms. The second-order valence-electron chi connectivity index (χ2n) is 5.72. The highest BCUT2D eigenvalue weighted by molar-refractivity contribution is 5.97. The zero-order valence-electron chi connectivity index (χ0n) is 12.6. The minimum Gasteiger partial charge on any atom is -0.457 e. The van der Waals surface area contributed by atoms with Crippen molar-refractivity contribution >= 4 is 5.78 Å². The number of rotatable bonds is 6. The van der Waals surface area contributed by atoms with E-state index in [4.69, 9.17) is 4.74 Å². The summed E-state index contributed by atoms with van der Waals surface area (Å²) >= 11 is 0. The first-order valence-corrected chi connectivity index (χ1v) is 7.91. The predicted molar refractivity (Wildman–Crippen MR) is 87.5 cm³/mol. The molecule has 2 aromatic rings. The van der Waals surface area contributed by atoms with E-state index in [1.165, 1.54) is 25.7 Å². The number of ketones is 1. The molecule has 1 saturated carbocycles. The molecule has 0 radical (unpaired) electrons. The van der Waals surface area contributed by atoms with Gasteiger partial charge in [-0.1, -0.05) is 31.0 Å². The van der Waals surface area contributed by atoms with E-state index in [1.54, 1.807) is 0 Å². The summed E-state index contributed by atoms with van der Waals surface area (Å²) in [7, 11) is 0. The van der Waals surface area contributed by atoms with E-state index >= 15 is 0 Å². The van der Waals surface area contributed by atoms with Crippen LogP contribution in [0.25, 0.3) is 0 Å². The maximum absolute atomic E-state index is 12.2. The lowest BCUT2D eigenvalue weighted by Gasteiger charge is -2.11. The number of benzene rings is 2. The summed E-state index contributed by atoms with van der Waals surface area (Å²) in [6.45, 7) is 0.420. The van der Waals surface area contributed by atoms with Gasteiger partial charge < -0.3 is 10.1 Å². The van der Waals surface area contributed by atoms with Gasteiger partial charge in [-0.2, -0.15) is 0 Å². The number of carbonyl (C=O) groups excluding carboxylic acids is 1. The molecule has 0 aliphatic heterocycles. The largest absolute Gasteiger partial charge is 0.457 e. The van der Waals surface area contributed by atoms with Crippen molar-refractivity contribution in [3.8, 4) is 11.5 Å². The second-order valence-corrected chi connectivity index (χ2v) is 5.72. The SMILES string of the molecule is O=C(CNC1CCCC1)c1ccc(Oc2ccccc2)cc1. The minimum absolute atomic E-state index is 0.137. The molecule has 2 aromatic carbocycles. The lowest BCUT2D eigenvalue weighted by Crippen LogP contribution is -2.31. The maximum atomic E-state index is 12.2. The van der Waals surface area contributed by atoms with Crippen LogP contribution in [-0.4, -0.2) is 18.4 Å². The Labute approximate surface area is 131 Å². The Morgan fingerprint density at radius 1 is 0.955 bits per heavy atom. The van der Waals surface area contributed by atoms with Gasteiger partial charge in [-0.25, -0.2) is 0 Å². The first-order valence-electron chi connectivity index (χ1n) is 7.91. The fourth-order valence-electron chi connectivity index (χ4n) is 2.80. The first kappa shape index (κ1) is 14.8. The van der Waals surface area contributed by atoms with Gasteiger partial charge in [0.2, 0.25) is 0 Å². The Hall–Kier alpha value is -2.13. The average Bonchev–Trinajstić information content (AvgIpc) is 3.08. The molecule has 0 unspecified atom stereocenters. The van der Waals surface area contributed by atoms with Gasteiger partial charge in [-0.05, 0) is 49.2 Å². The number of nitrogens with one attached hydrogen (secondary N) is 1. The number of Topliss-reactive ketones (excluding diaryl/α,β-unsaturated/α-hetero) is 1. The molecule has 3 rings (SSSR count). The van der Waals surface area contributed by atoms with Gasteiger partial charge in [0.25, 0.3) is 0 Å². The van der Waals surface area contributed by atoms with E-state index in [0.29, 0.717) is 12.6 Å². The number of ether oxygens (including phenoxy) is 1. The molecule has 1 aliphatic rings. The van der Waals surface area contributed by atoms with Crippen molar-refractivity contribution in [1.29, 1.82) is 0 Å². The van der Waals surface area contributed by atoms with Crippen LogP contribution < -0.4 is 10.1 Å². The van der Waals surface area contributed by atoms with E-state index in [1.807, 2.05) is 54.6 Å². The van der Waals surface area contributed by atoms with Crippen molar-refractivity contribution in [2.45, 2.75) is 31.7 Å². The smallest absolute Gasteiger partial charge is 0.176 e. The minimum atomic E-state index is 0.137. The monoisotopic (exact) mass is 295 g/mol. The molecule has 0 heterocycles. The molecule has 0 bridgehead atoms. The summed E-state index contributed by atoms with van der Waals surface area (Å²) in [5, 5.41) is 3.35. The average molecular weight is 295 g/mol. The summed E-state index contributed by atoms with van der Waals surface area (Å²) in [5.41, 5.74) is 0.728. The molecule has 3 nitrogen and oxygen atoms in total. The topological polar surface area (TPSA) is 38.3 Å². The van der Waals surface area contributed by atoms with E-state index in [2.05, 4.69) is 5.32 Å². The third-order valence-electron chi connectivity index (χ3n) is 4.06. The molecule has 1 aliphatic carbocycles. The van der Waals surface area contributed by atoms with Crippen molar-refractivity contribution in [2.75, 3.05) is 6.54 Å². The lowest BCUT2D eigenvalue weighted by atomic mass is 10.1. The highest BCUT2D eigenvalue weighted by Crippen LogP contribution is 2.21. The van der Waals surface area contributed by atoms with Gasteiger partial charge >= 0.3 is 0 Å².